The van der Waals surface area contributed by atoms with Crippen LogP contribution in [0.15, 0.2) is 30.5 Å². The molecule has 0 aliphatic carbocycles. The van der Waals surface area contributed by atoms with Crippen LogP contribution in [0.3, 0.4) is 0 Å². The third-order valence-corrected chi connectivity index (χ3v) is 2.92. The van der Waals surface area contributed by atoms with E-state index in [0.717, 1.165) is 28.1 Å². The molecule has 0 bridgehead atoms. The molecule has 0 radical (unpaired) electrons. The highest BCUT2D eigenvalue weighted by Gasteiger charge is 2.33. The van der Waals surface area contributed by atoms with E-state index in [0.29, 0.717) is 5.56 Å². The van der Waals surface area contributed by atoms with Crippen LogP contribution in [0.1, 0.15) is 27.2 Å². The largest absolute Gasteiger partial charge is 0.435 e. The molecule has 0 unspecified atom stereocenters. The number of halogens is 3. The Kier molecular flexibility index (Phi) is 3.65. The van der Waals surface area contributed by atoms with Crippen molar-refractivity contribution < 1.29 is 18.0 Å². The monoisotopic (exact) mass is 282 g/mol. The van der Waals surface area contributed by atoms with Crippen LogP contribution >= 0.6 is 0 Å². The second-order valence-electron chi connectivity index (χ2n) is 4.64. The van der Waals surface area contributed by atoms with E-state index >= 15 is 0 Å². The summed E-state index contributed by atoms with van der Waals surface area (Å²) in [7, 11) is 0. The molecule has 1 aromatic carbocycles. The zero-order chi connectivity index (χ0) is 14.9. The lowest BCUT2D eigenvalue weighted by atomic mass is 10.0. The standard InChI is InChI=1S/C14H13F3N2O/c1-9-3-4-11(10(2)7-9)12(20)8-19-6-5-13(18-19)14(15,16)17/h3-7H,8H2,1-2H3. The number of alkyl halides is 3. The number of Topliss-reactive ketones (excluding diaryl/α,β-unsaturated/α-hetero) is 1. The molecule has 0 aliphatic heterocycles. The van der Waals surface area contributed by atoms with Gasteiger partial charge in [-0.1, -0.05) is 23.8 Å². The van der Waals surface area contributed by atoms with E-state index in [1.54, 1.807) is 19.1 Å². The molecule has 0 atom stereocenters. The highest BCUT2D eigenvalue weighted by atomic mass is 19.4. The van der Waals surface area contributed by atoms with Crippen molar-refractivity contribution in [2.45, 2.75) is 26.6 Å². The van der Waals surface area contributed by atoms with E-state index < -0.39 is 11.9 Å². The van der Waals surface area contributed by atoms with Crippen LogP contribution in [0, 0.1) is 13.8 Å². The fourth-order valence-corrected chi connectivity index (χ4v) is 1.96. The van der Waals surface area contributed by atoms with Gasteiger partial charge in [0, 0.05) is 11.8 Å². The third kappa shape index (κ3) is 3.07. The molecule has 0 spiro atoms. The Morgan fingerprint density at radius 1 is 1.25 bits per heavy atom. The van der Waals surface area contributed by atoms with Gasteiger partial charge in [-0.15, -0.1) is 0 Å². The van der Waals surface area contributed by atoms with Crippen molar-refractivity contribution in [3.8, 4) is 0 Å². The Balaban J connectivity index is 2.17. The number of ketones is 1. The first-order valence-corrected chi connectivity index (χ1v) is 5.98. The fourth-order valence-electron chi connectivity index (χ4n) is 1.96. The van der Waals surface area contributed by atoms with E-state index in [9.17, 15) is 18.0 Å². The minimum atomic E-state index is -4.49. The number of aromatic nitrogens is 2. The van der Waals surface area contributed by atoms with Gasteiger partial charge in [0.2, 0.25) is 0 Å². The van der Waals surface area contributed by atoms with Crippen molar-refractivity contribution in [3.63, 3.8) is 0 Å². The Morgan fingerprint density at radius 2 is 1.95 bits per heavy atom. The summed E-state index contributed by atoms with van der Waals surface area (Å²) in [5.74, 6) is -0.265. The normalized spacial score (nSPS) is 11.7. The first kappa shape index (κ1) is 14.3. The summed E-state index contributed by atoms with van der Waals surface area (Å²) >= 11 is 0. The first-order chi connectivity index (χ1) is 9.27. The highest BCUT2D eigenvalue weighted by molar-refractivity contribution is 5.97. The number of aryl methyl sites for hydroxylation is 2. The second kappa shape index (κ2) is 5.11. The van der Waals surface area contributed by atoms with Crippen LogP contribution in [-0.2, 0) is 12.7 Å². The van der Waals surface area contributed by atoms with E-state index in [2.05, 4.69) is 5.10 Å². The Morgan fingerprint density at radius 3 is 2.50 bits per heavy atom. The Hall–Kier alpha value is -2.11. The van der Waals surface area contributed by atoms with Crippen molar-refractivity contribution in [1.82, 2.24) is 9.78 Å². The maximum absolute atomic E-state index is 12.4. The van der Waals surface area contributed by atoms with E-state index in [-0.39, 0.29) is 12.3 Å². The topological polar surface area (TPSA) is 34.9 Å². The zero-order valence-corrected chi connectivity index (χ0v) is 11.0. The quantitative estimate of drug-likeness (QED) is 0.809. The van der Waals surface area contributed by atoms with E-state index in [4.69, 9.17) is 0 Å². The van der Waals surface area contributed by atoms with Crippen LogP contribution < -0.4 is 0 Å². The molecule has 3 nitrogen and oxygen atoms in total. The van der Waals surface area contributed by atoms with Gasteiger partial charge in [0.15, 0.2) is 11.5 Å². The number of carbonyl (C=O) groups is 1. The van der Waals surface area contributed by atoms with Crippen molar-refractivity contribution in [1.29, 1.82) is 0 Å². The van der Waals surface area contributed by atoms with Crippen LogP contribution in [-0.4, -0.2) is 15.6 Å². The molecule has 0 amide bonds. The molecule has 0 fully saturated rings. The summed E-state index contributed by atoms with van der Waals surface area (Å²) in [6, 6.07) is 6.19. The Labute approximate surface area is 114 Å². The van der Waals surface area contributed by atoms with Gasteiger partial charge in [-0.3, -0.25) is 9.48 Å². The summed E-state index contributed by atoms with van der Waals surface area (Å²) in [5, 5.41) is 3.37. The molecular formula is C14H13F3N2O. The Bertz CT molecular complexity index is 644. The van der Waals surface area contributed by atoms with Crippen molar-refractivity contribution in [2.24, 2.45) is 0 Å². The van der Waals surface area contributed by atoms with Crippen LogP contribution in [0.25, 0.3) is 0 Å². The SMILES string of the molecule is Cc1ccc(C(=O)Cn2ccc(C(F)(F)F)n2)c(C)c1. The van der Waals surface area contributed by atoms with Gasteiger partial charge in [0.1, 0.15) is 6.54 Å². The molecule has 2 aromatic rings. The predicted octanol–water partition coefficient (Wildman–Crippen LogP) is 3.40. The lowest BCUT2D eigenvalue weighted by Gasteiger charge is -2.06. The lowest BCUT2D eigenvalue weighted by Crippen LogP contribution is -2.14. The molecule has 0 saturated carbocycles. The number of nitrogens with zero attached hydrogens (tertiary/aromatic N) is 2. The molecule has 0 aliphatic rings. The predicted molar refractivity (Wildman–Crippen MR) is 67.5 cm³/mol. The van der Waals surface area contributed by atoms with E-state index in [1.165, 1.54) is 0 Å². The number of rotatable bonds is 3. The molecule has 1 aromatic heterocycles. The summed E-state index contributed by atoms with van der Waals surface area (Å²) in [5.41, 5.74) is 1.33. The average molecular weight is 282 g/mol. The summed E-state index contributed by atoms with van der Waals surface area (Å²) in [6.45, 7) is 3.49. The second-order valence-corrected chi connectivity index (χ2v) is 4.64. The summed E-state index contributed by atoms with van der Waals surface area (Å²) < 4.78 is 38.2. The number of carbonyl (C=O) groups excluding carboxylic acids is 1. The summed E-state index contributed by atoms with van der Waals surface area (Å²) in [4.78, 5) is 12.1. The fraction of sp³-hybridized carbons (Fsp3) is 0.286. The van der Waals surface area contributed by atoms with Crippen molar-refractivity contribution in [3.05, 3.63) is 52.8 Å². The summed E-state index contributed by atoms with van der Waals surface area (Å²) in [6.07, 6.45) is -3.34. The van der Waals surface area contributed by atoms with Gasteiger partial charge in [0.25, 0.3) is 0 Å². The molecular weight excluding hydrogens is 269 g/mol. The molecule has 20 heavy (non-hydrogen) atoms. The number of benzene rings is 1. The van der Waals surface area contributed by atoms with E-state index in [1.807, 2.05) is 13.0 Å². The van der Waals surface area contributed by atoms with Gasteiger partial charge in [-0.05, 0) is 25.5 Å². The minimum absolute atomic E-state index is 0.208. The average Bonchev–Trinajstić information content (AvgIpc) is 2.76. The van der Waals surface area contributed by atoms with Crippen LogP contribution in [0.4, 0.5) is 13.2 Å². The molecule has 0 saturated heterocycles. The maximum atomic E-state index is 12.4. The van der Waals surface area contributed by atoms with Crippen molar-refractivity contribution >= 4 is 5.78 Å². The van der Waals surface area contributed by atoms with Gasteiger partial charge in [-0.2, -0.15) is 18.3 Å². The lowest BCUT2D eigenvalue weighted by molar-refractivity contribution is -0.141. The number of hydrogen-bond acceptors (Lipinski definition) is 2. The first-order valence-electron chi connectivity index (χ1n) is 5.98. The van der Waals surface area contributed by atoms with Crippen LogP contribution in [0.2, 0.25) is 0 Å². The zero-order valence-electron chi connectivity index (χ0n) is 11.0. The van der Waals surface area contributed by atoms with Crippen molar-refractivity contribution in [2.75, 3.05) is 0 Å². The van der Waals surface area contributed by atoms with Gasteiger partial charge in [0.05, 0.1) is 0 Å². The van der Waals surface area contributed by atoms with Gasteiger partial charge >= 0.3 is 6.18 Å². The smallest absolute Gasteiger partial charge is 0.292 e. The molecule has 106 valence electrons. The number of hydrogen-bond donors (Lipinski definition) is 0. The third-order valence-electron chi connectivity index (χ3n) is 2.92. The maximum Gasteiger partial charge on any atom is 0.435 e. The molecule has 2 rings (SSSR count). The van der Waals surface area contributed by atoms with Crippen LogP contribution in [0.5, 0.6) is 0 Å². The molecule has 1 heterocycles. The van der Waals surface area contributed by atoms with Gasteiger partial charge in [-0.25, -0.2) is 0 Å². The minimum Gasteiger partial charge on any atom is -0.292 e. The van der Waals surface area contributed by atoms with Gasteiger partial charge < -0.3 is 0 Å². The molecule has 6 heteroatoms. The molecule has 0 N–H and O–H groups in total. The highest BCUT2D eigenvalue weighted by Crippen LogP contribution is 2.27.